The Labute approximate surface area is 297 Å². The number of pyridine rings is 1. The zero-order valence-corrected chi connectivity index (χ0v) is 30.6. The molecule has 2 aromatic heterocycles. The lowest BCUT2D eigenvalue weighted by molar-refractivity contribution is 0.0223. The molecule has 0 saturated heterocycles. The van der Waals surface area contributed by atoms with E-state index in [0.29, 0.717) is 47.5 Å². The van der Waals surface area contributed by atoms with Crippen molar-refractivity contribution in [1.82, 2.24) is 19.7 Å². The molecule has 268 valence electrons. The van der Waals surface area contributed by atoms with Gasteiger partial charge in [-0.25, -0.2) is 22.5 Å². The Bertz CT molecular complexity index is 2210. The molecule has 0 N–H and O–H groups in total. The van der Waals surface area contributed by atoms with Crippen LogP contribution in [0, 0.1) is 12.9 Å². The van der Waals surface area contributed by atoms with Crippen molar-refractivity contribution in [2.75, 3.05) is 25.1 Å². The molecule has 3 heterocycles. The maximum absolute atomic E-state index is 14.6. The molecule has 1 atom stereocenters. The highest BCUT2D eigenvalue weighted by atomic mass is 32.2. The number of hydrogen-bond donors (Lipinski definition) is 0. The summed E-state index contributed by atoms with van der Waals surface area (Å²) in [7, 11) is -1.30. The normalized spacial score (nSPS) is 13.8. The van der Waals surface area contributed by atoms with Gasteiger partial charge in [0.2, 0.25) is 5.95 Å². The molecule has 0 spiro atoms. The lowest BCUT2D eigenvalue weighted by Crippen LogP contribution is -2.40. The number of carbonyl (C=O) groups is 1. The van der Waals surface area contributed by atoms with Crippen molar-refractivity contribution >= 4 is 32.8 Å². The van der Waals surface area contributed by atoms with E-state index in [9.17, 15) is 17.6 Å². The molecule has 0 radical (unpaired) electrons. The molecular weight excluding hydrogens is 674 g/mol. The fourth-order valence-corrected chi connectivity index (χ4v) is 8.09. The summed E-state index contributed by atoms with van der Waals surface area (Å²) in [6, 6.07) is 18.4. The second kappa shape index (κ2) is 13.9. The number of amides is 1. The molecule has 11 nitrogen and oxygen atoms in total. The van der Waals surface area contributed by atoms with E-state index in [1.54, 1.807) is 48.4 Å². The van der Waals surface area contributed by atoms with E-state index >= 15 is 0 Å². The van der Waals surface area contributed by atoms with Gasteiger partial charge >= 0.3 is 6.09 Å². The third-order valence-corrected chi connectivity index (χ3v) is 10.9. The van der Waals surface area contributed by atoms with E-state index in [0.717, 1.165) is 27.0 Å². The third-order valence-electron chi connectivity index (χ3n) is 9.00. The van der Waals surface area contributed by atoms with Crippen molar-refractivity contribution in [1.29, 1.82) is 0 Å². The van der Waals surface area contributed by atoms with Gasteiger partial charge in [-0.2, -0.15) is 9.49 Å². The van der Waals surface area contributed by atoms with Gasteiger partial charge in [0.1, 0.15) is 22.9 Å². The quantitative estimate of drug-likeness (QED) is 0.147. The zero-order valence-electron chi connectivity index (χ0n) is 29.8. The number of aromatic nitrogens is 3. The monoisotopic (exact) mass is 715 g/mol. The number of fused-ring (bicyclic) bond motifs is 2. The van der Waals surface area contributed by atoms with Gasteiger partial charge in [0, 0.05) is 30.1 Å². The Morgan fingerprint density at radius 2 is 1.80 bits per heavy atom. The summed E-state index contributed by atoms with van der Waals surface area (Å²) in [5.41, 5.74) is 4.37. The van der Waals surface area contributed by atoms with E-state index in [1.807, 2.05) is 44.5 Å². The average Bonchev–Trinajstić information content (AvgIpc) is 3.51. The number of aryl methyl sites for hydroxylation is 1. The maximum Gasteiger partial charge on any atom is 0.410 e. The maximum atomic E-state index is 14.6. The first kappa shape index (κ1) is 35.6. The minimum Gasteiger partial charge on any atom is -0.497 e. The smallest absolute Gasteiger partial charge is 0.410 e. The first-order valence-electron chi connectivity index (χ1n) is 16.6. The summed E-state index contributed by atoms with van der Waals surface area (Å²) in [5.74, 6) is 0.0589. The Balaban J connectivity index is 1.37. The first-order chi connectivity index (χ1) is 24.2. The zero-order chi connectivity index (χ0) is 36.7. The van der Waals surface area contributed by atoms with Crippen LogP contribution < -0.4 is 13.8 Å². The van der Waals surface area contributed by atoms with Gasteiger partial charge in [0.05, 0.1) is 43.4 Å². The highest BCUT2D eigenvalue weighted by Gasteiger charge is 2.32. The fraction of sp³-hybridized carbons (Fsp3) is 0.342. The molecule has 6 rings (SSSR count). The van der Waals surface area contributed by atoms with Gasteiger partial charge in [-0.3, -0.25) is 4.68 Å². The van der Waals surface area contributed by atoms with Crippen molar-refractivity contribution in [2.24, 2.45) is 0 Å². The van der Waals surface area contributed by atoms with Crippen LogP contribution in [0.25, 0.3) is 10.9 Å². The highest BCUT2D eigenvalue weighted by Crippen LogP contribution is 2.35. The van der Waals surface area contributed by atoms with Gasteiger partial charge < -0.3 is 19.1 Å². The van der Waals surface area contributed by atoms with Crippen LogP contribution in [-0.4, -0.2) is 60.5 Å². The number of rotatable bonds is 9. The van der Waals surface area contributed by atoms with Gasteiger partial charge in [-0.1, -0.05) is 24.3 Å². The number of benzene rings is 3. The lowest BCUT2D eigenvalue weighted by atomic mass is 9.92. The molecule has 0 unspecified atom stereocenters. The van der Waals surface area contributed by atoms with E-state index in [-0.39, 0.29) is 29.4 Å². The SMILES string of the molecule is COc1ccc(CN(c2cccc(F)n2)S(=O)(=O)c2cc3cnn([C@H](C)c4cccc5c4CN(C(=O)OC(C)(C)C)CC5)c3cc2C)c(OC)c1. The summed E-state index contributed by atoms with van der Waals surface area (Å²) < 4.78 is 63.0. The predicted octanol–water partition coefficient (Wildman–Crippen LogP) is 7.19. The molecule has 0 saturated carbocycles. The number of hydrogen-bond acceptors (Lipinski definition) is 8. The largest absolute Gasteiger partial charge is 0.497 e. The highest BCUT2D eigenvalue weighted by molar-refractivity contribution is 7.92. The molecule has 5 aromatic rings. The summed E-state index contributed by atoms with van der Waals surface area (Å²) in [5, 5.41) is 5.33. The number of methoxy groups -OCH3 is 2. The van der Waals surface area contributed by atoms with Crippen LogP contribution in [0.2, 0.25) is 0 Å². The third kappa shape index (κ3) is 7.21. The van der Waals surface area contributed by atoms with Crippen LogP contribution >= 0.6 is 0 Å². The molecule has 3 aromatic carbocycles. The number of nitrogens with zero attached hydrogens (tertiary/aromatic N) is 5. The predicted molar refractivity (Wildman–Crippen MR) is 192 cm³/mol. The van der Waals surface area contributed by atoms with Crippen LogP contribution in [0.5, 0.6) is 11.5 Å². The number of sulfonamides is 1. The molecule has 13 heteroatoms. The van der Waals surface area contributed by atoms with Crippen LogP contribution in [0.3, 0.4) is 0 Å². The van der Waals surface area contributed by atoms with Crippen molar-refractivity contribution in [2.45, 2.75) is 70.7 Å². The van der Waals surface area contributed by atoms with E-state index < -0.39 is 21.6 Å². The Hall–Kier alpha value is -5.17. The van der Waals surface area contributed by atoms with Crippen molar-refractivity contribution in [3.05, 3.63) is 107 Å². The second-order valence-corrected chi connectivity index (χ2v) is 15.4. The summed E-state index contributed by atoms with van der Waals surface area (Å²) in [6.07, 6.45) is 2.00. The van der Waals surface area contributed by atoms with Gasteiger partial charge in [-0.15, -0.1) is 0 Å². The molecule has 0 aliphatic carbocycles. The van der Waals surface area contributed by atoms with Crippen molar-refractivity contribution in [3.63, 3.8) is 0 Å². The summed E-state index contributed by atoms with van der Waals surface area (Å²) >= 11 is 0. The van der Waals surface area contributed by atoms with Crippen molar-refractivity contribution < 1.29 is 31.8 Å². The number of anilines is 1. The Morgan fingerprint density at radius 3 is 2.51 bits per heavy atom. The van der Waals surface area contributed by atoms with Crippen LogP contribution in [0.1, 0.15) is 61.6 Å². The molecule has 0 bridgehead atoms. The van der Waals surface area contributed by atoms with Crippen LogP contribution in [0.4, 0.5) is 15.0 Å². The molecular formula is C38H42FN5O6S. The van der Waals surface area contributed by atoms with E-state index in [2.05, 4.69) is 11.1 Å². The van der Waals surface area contributed by atoms with Gasteiger partial charge in [-0.05, 0) is 99.7 Å². The van der Waals surface area contributed by atoms with Gasteiger partial charge in [0.15, 0.2) is 0 Å². The van der Waals surface area contributed by atoms with Gasteiger partial charge in [0.25, 0.3) is 10.0 Å². The minimum atomic E-state index is -4.30. The first-order valence-corrected chi connectivity index (χ1v) is 18.1. The standard InChI is InChI=1S/C38H42FN5O6S/c1-24-18-32-28(21-40-44(32)25(2)30-11-8-10-26-16-17-42(23-31(26)30)37(45)50-38(3,4)5)19-34(24)51(46,47)43(36-13-9-12-35(39)41-36)22-27-14-15-29(48-6)20-33(27)49-7/h8-15,18-21,25H,16-17,22-23H2,1-7H3/t25-/m1/s1. The number of halogens is 1. The summed E-state index contributed by atoms with van der Waals surface area (Å²) in [4.78, 5) is 18.7. The van der Waals surface area contributed by atoms with E-state index in [1.165, 1.54) is 31.9 Å². The Morgan fingerprint density at radius 1 is 1.04 bits per heavy atom. The topological polar surface area (TPSA) is 116 Å². The van der Waals surface area contributed by atoms with Crippen LogP contribution in [-0.2, 0) is 34.3 Å². The van der Waals surface area contributed by atoms with E-state index in [4.69, 9.17) is 19.3 Å². The molecule has 1 aliphatic rings. The molecule has 1 amide bonds. The average molecular weight is 716 g/mol. The minimum absolute atomic E-state index is 0.0332. The number of ether oxygens (including phenoxy) is 3. The lowest BCUT2D eigenvalue weighted by Gasteiger charge is -2.33. The van der Waals surface area contributed by atoms with Crippen molar-refractivity contribution in [3.8, 4) is 11.5 Å². The summed E-state index contributed by atoms with van der Waals surface area (Å²) in [6.45, 7) is 10.1. The second-order valence-electron chi connectivity index (χ2n) is 13.6. The molecule has 0 fully saturated rings. The Kier molecular flexibility index (Phi) is 9.69. The molecule has 1 aliphatic heterocycles. The van der Waals surface area contributed by atoms with Crippen LogP contribution in [0.15, 0.2) is 77.8 Å². The fourth-order valence-electron chi connectivity index (χ4n) is 6.46. The molecule has 51 heavy (non-hydrogen) atoms. The number of carbonyl (C=O) groups excluding carboxylic acids is 1.